The Morgan fingerprint density at radius 1 is 1.55 bits per heavy atom. The molecule has 11 heavy (non-hydrogen) atoms. The fourth-order valence-electron chi connectivity index (χ4n) is 1.22. The number of likely N-dealkylation sites (N-methyl/N-ethyl adjacent to an activating group) is 1. The van der Waals surface area contributed by atoms with Crippen LogP contribution in [-0.4, -0.2) is 49.5 Å². The molecular weight excluding hydrogens is 166 g/mol. The molecular formula is C7H16ClNO2. The van der Waals surface area contributed by atoms with Gasteiger partial charge in [-0.05, 0) is 20.5 Å². The first-order chi connectivity index (χ1) is 4.71. The van der Waals surface area contributed by atoms with Gasteiger partial charge in [-0.2, -0.15) is 0 Å². The van der Waals surface area contributed by atoms with Gasteiger partial charge in [-0.15, -0.1) is 12.4 Å². The lowest BCUT2D eigenvalue weighted by molar-refractivity contribution is 0.0526. The molecule has 0 aromatic heterocycles. The second kappa shape index (κ2) is 4.26. The molecule has 0 bridgehead atoms. The number of hydrogen-bond donors (Lipinski definition) is 1. The zero-order valence-electron chi connectivity index (χ0n) is 7.04. The van der Waals surface area contributed by atoms with E-state index in [0.717, 1.165) is 13.0 Å². The number of halogens is 1. The molecule has 0 spiro atoms. The van der Waals surface area contributed by atoms with Crippen molar-refractivity contribution in [2.45, 2.75) is 12.0 Å². The van der Waals surface area contributed by atoms with Gasteiger partial charge in [-0.1, -0.05) is 0 Å². The molecule has 0 aromatic carbocycles. The summed E-state index contributed by atoms with van der Waals surface area (Å²) in [6.07, 6.45) is 0.941. The van der Waals surface area contributed by atoms with Crippen molar-refractivity contribution < 1.29 is 9.84 Å². The van der Waals surface area contributed by atoms with E-state index in [2.05, 4.69) is 0 Å². The highest BCUT2D eigenvalue weighted by atomic mass is 35.5. The maximum atomic E-state index is 9.07. The van der Waals surface area contributed by atoms with Crippen LogP contribution in [0.15, 0.2) is 0 Å². The Kier molecular flexibility index (Phi) is 4.32. The second-order valence-electron chi connectivity index (χ2n) is 3.08. The van der Waals surface area contributed by atoms with E-state index in [1.807, 2.05) is 19.0 Å². The van der Waals surface area contributed by atoms with Crippen LogP contribution in [0.1, 0.15) is 6.42 Å². The van der Waals surface area contributed by atoms with Crippen molar-refractivity contribution in [2.24, 2.45) is 0 Å². The van der Waals surface area contributed by atoms with Gasteiger partial charge in [-0.3, -0.25) is 4.90 Å². The van der Waals surface area contributed by atoms with Crippen LogP contribution in [0.3, 0.4) is 0 Å². The van der Waals surface area contributed by atoms with Gasteiger partial charge in [0.25, 0.3) is 0 Å². The first kappa shape index (κ1) is 11.2. The van der Waals surface area contributed by atoms with Crippen molar-refractivity contribution in [2.75, 3.05) is 33.9 Å². The lowest BCUT2D eigenvalue weighted by Gasteiger charge is -2.32. The molecule has 68 valence electrons. The van der Waals surface area contributed by atoms with Crippen molar-refractivity contribution in [3.8, 4) is 0 Å². The van der Waals surface area contributed by atoms with Crippen LogP contribution in [0.2, 0.25) is 0 Å². The van der Waals surface area contributed by atoms with E-state index in [9.17, 15) is 0 Å². The predicted molar refractivity (Wildman–Crippen MR) is 46.2 cm³/mol. The molecule has 0 saturated carbocycles. The molecule has 1 aliphatic heterocycles. The van der Waals surface area contributed by atoms with E-state index in [4.69, 9.17) is 9.84 Å². The molecule has 1 atom stereocenters. The van der Waals surface area contributed by atoms with E-state index in [0.29, 0.717) is 6.61 Å². The highest BCUT2D eigenvalue weighted by molar-refractivity contribution is 5.85. The molecule has 1 rings (SSSR count). The summed E-state index contributed by atoms with van der Waals surface area (Å²) in [5, 5.41) is 9.07. The van der Waals surface area contributed by atoms with Crippen molar-refractivity contribution in [1.29, 1.82) is 0 Å². The van der Waals surface area contributed by atoms with Gasteiger partial charge in [0.15, 0.2) is 0 Å². The number of aliphatic hydroxyl groups excluding tert-OH is 1. The largest absolute Gasteiger partial charge is 0.394 e. The third-order valence-electron chi connectivity index (χ3n) is 2.33. The van der Waals surface area contributed by atoms with Crippen LogP contribution >= 0.6 is 12.4 Å². The fraction of sp³-hybridized carbons (Fsp3) is 1.00. The van der Waals surface area contributed by atoms with Crippen molar-refractivity contribution >= 4 is 12.4 Å². The van der Waals surface area contributed by atoms with Crippen LogP contribution in [0.5, 0.6) is 0 Å². The molecule has 1 fully saturated rings. The van der Waals surface area contributed by atoms with Gasteiger partial charge in [0.2, 0.25) is 0 Å². The van der Waals surface area contributed by atoms with Crippen LogP contribution < -0.4 is 0 Å². The van der Waals surface area contributed by atoms with Gasteiger partial charge in [0, 0.05) is 6.61 Å². The molecule has 0 amide bonds. The van der Waals surface area contributed by atoms with E-state index < -0.39 is 0 Å². The fourth-order valence-corrected chi connectivity index (χ4v) is 1.22. The summed E-state index contributed by atoms with van der Waals surface area (Å²) in [6, 6.07) is 0. The van der Waals surface area contributed by atoms with E-state index >= 15 is 0 Å². The van der Waals surface area contributed by atoms with Gasteiger partial charge in [0.1, 0.15) is 0 Å². The monoisotopic (exact) mass is 181 g/mol. The minimum absolute atomic E-state index is 0. The quantitative estimate of drug-likeness (QED) is 0.657. The summed E-state index contributed by atoms with van der Waals surface area (Å²) in [4.78, 5) is 2.04. The summed E-state index contributed by atoms with van der Waals surface area (Å²) in [5.74, 6) is 0. The molecule has 1 saturated heterocycles. The Balaban J connectivity index is 0.000001000. The van der Waals surface area contributed by atoms with Crippen molar-refractivity contribution in [1.82, 2.24) is 4.90 Å². The Morgan fingerprint density at radius 2 is 2.18 bits per heavy atom. The Labute approximate surface area is 73.7 Å². The molecule has 1 N–H and O–H groups in total. The maximum Gasteiger partial charge on any atom is 0.0692 e. The highest BCUT2D eigenvalue weighted by Crippen LogP contribution is 2.22. The topological polar surface area (TPSA) is 32.7 Å². The molecule has 4 heteroatoms. The zero-order valence-corrected chi connectivity index (χ0v) is 7.86. The summed E-state index contributed by atoms with van der Waals surface area (Å²) in [6.45, 7) is 1.63. The number of ether oxygens (including phenoxy) is 1. The SMILES string of the molecule is CN(C)C1(CO)CCOC1.Cl. The number of aliphatic hydroxyl groups is 1. The number of nitrogens with zero attached hydrogens (tertiary/aromatic N) is 1. The third kappa shape index (κ3) is 2.06. The average molecular weight is 182 g/mol. The summed E-state index contributed by atoms with van der Waals surface area (Å²) in [5.41, 5.74) is -0.0972. The zero-order chi connectivity index (χ0) is 7.61. The summed E-state index contributed by atoms with van der Waals surface area (Å²) < 4.78 is 5.21. The van der Waals surface area contributed by atoms with Crippen LogP contribution in [-0.2, 0) is 4.74 Å². The van der Waals surface area contributed by atoms with Crippen LogP contribution in [0.25, 0.3) is 0 Å². The molecule has 0 aliphatic carbocycles. The Morgan fingerprint density at radius 3 is 2.36 bits per heavy atom. The first-order valence-electron chi connectivity index (χ1n) is 3.57. The van der Waals surface area contributed by atoms with Crippen LogP contribution in [0.4, 0.5) is 0 Å². The molecule has 1 aliphatic rings. The minimum Gasteiger partial charge on any atom is -0.394 e. The van der Waals surface area contributed by atoms with E-state index in [1.165, 1.54) is 0 Å². The molecule has 1 unspecified atom stereocenters. The molecule has 0 radical (unpaired) electrons. The minimum atomic E-state index is -0.0972. The van der Waals surface area contributed by atoms with Gasteiger partial charge in [-0.25, -0.2) is 0 Å². The summed E-state index contributed by atoms with van der Waals surface area (Å²) in [7, 11) is 3.95. The number of hydrogen-bond acceptors (Lipinski definition) is 3. The lowest BCUT2D eigenvalue weighted by atomic mass is 9.99. The Bertz CT molecular complexity index is 113. The van der Waals surface area contributed by atoms with Gasteiger partial charge < -0.3 is 9.84 Å². The summed E-state index contributed by atoms with van der Waals surface area (Å²) >= 11 is 0. The van der Waals surface area contributed by atoms with Crippen LogP contribution in [0, 0.1) is 0 Å². The maximum absolute atomic E-state index is 9.07. The first-order valence-corrected chi connectivity index (χ1v) is 3.57. The number of rotatable bonds is 2. The third-order valence-corrected chi connectivity index (χ3v) is 2.33. The van der Waals surface area contributed by atoms with Crippen molar-refractivity contribution in [3.05, 3.63) is 0 Å². The van der Waals surface area contributed by atoms with Gasteiger partial charge >= 0.3 is 0 Å². The predicted octanol–water partition coefficient (Wildman–Crippen LogP) is 0.121. The lowest BCUT2D eigenvalue weighted by Crippen LogP contribution is -2.48. The molecule has 3 nitrogen and oxygen atoms in total. The normalized spacial score (nSPS) is 30.5. The molecule has 0 aromatic rings. The van der Waals surface area contributed by atoms with E-state index in [-0.39, 0.29) is 24.6 Å². The average Bonchev–Trinajstić information content (AvgIpc) is 2.35. The van der Waals surface area contributed by atoms with Gasteiger partial charge in [0.05, 0.1) is 18.8 Å². The smallest absolute Gasteiger partial charge is 0.0692 e. The highest BCUT2D eigenvalue weighted by Gasteiger charge is 2.36. The molecule has 1 heterocycles. The Hall–Kier alpha value is 0.170. The van der Waals surface area contributed by atoms with Crippen molar-refractivity contribution in [3.63, 3.8) is 0 Å². The second-order valence-corrected chi connectivity index (χ2v) is 3.08. The standard InChI is InChI=1S/C7H15NO2.ClH/c1-8(2)7(5-9)3-4-10-6-7;/h9H,3-6H2,1-2H3;1H. The van der Waals surface area contributed by atoms with E-state index in [1.54, 1.807) is 0 Å².